The highest BCUT2D eigenvalue weighted by atomic mass is 14.9. The highest BCUT2D eigenvalue weighted by Crippen LogP contribution is 2.37. The minimum absolute atomic E-state index is 0.716. The second-order valence-corrected chi connectivity index (χ2v) is 6.90. The van der Waals surface area contributed by atoms with E-state index < -0.39 is 0 Å². The van der Waals surface area contributed by atoms with Crippen LogP contribution in [-0.2, 0) is 0 Å². The summed E-state index contributed by atoms with van der Waals surface area (Å²) in [6.07, 6.45) is 14.0. The van der Waals surface area contributed by atoms with E-state index in [-0.39, 0.29) is 0 Å². The molecule has 0 unspecified atom stereocenters. The van der Waals surface area contributed by atoms with Crippen molar-refractivity contribution in [3.8, 4) is 0 Å². The summed E-state index contributed by atoms with van der Waals surface area (Å²) in [5.41, 5.74) is 4.46. The maximum atomic E-state index is 3.87. The summed E-state index contributed by atoms with van der Waals surface area (Å²) in [6.45, 7) is 2.23. The zero-order valence-electron chi connectivity index (χ0n) is 13.0. The fourth-order valence-electron chi connectivity index (χ4n) is 4.03. The molecule has 1 aromatic carbocycles. The Hall–Kier alpha value is -0.980. The van der Waals surface area contributed by atoms with Crippen LogP contribution in [0.15, 0.2) is 18.2 Å². The number of anilines is 1. The molecular formula is C19H29N. The summed E-state index contributed by atoms with van der Waals surface area (Å²) in [5.74, 6) is 0.801. The Morgan fingerprint density at radius 2 is 1.50 bits per heavy atom. The van der Waals surface area contributed by atoms with Crippen molar-refractivity contribution in [3.05, 3.63) is 29.3 Å². The van der Waals surface area contributed by atoms with Gasteiger partial charge in [0.2, 0.25) is 0 Å². The molecule has 1 nitrogen and oxygen atoms in total. The van der Waals surface area contributed by atoms with Crippen LogP contribution in [0.25, 0.3) is 0 Å². The van der Waals surface area contributed by atoms with Crippen LogP contribution in [-0.4, -0.2) is 6.04 Å². The molecule has 2 aliphatic rings. The molecule has 1 N–H and O–H groups in total. The van der Waals surface area contributed by atoms with Crippen LogP contribution in [0.2, 0.25) is 0 Å². The summed E-state index contributed by atoms with van der Waals surface area (Å²) >= 11 is 0. The van der Waals surface area contributed by atoms with Crippen molar-refractivity contribution in [2.24, 2.45) is 0 Å². The number of nitrogens with one attached hydrogen (secondary N) is 1. The van der Waals surface area contributed by atoms with E-state index >= 15 is 0 Å². The van der Waals surface area contributed by atoms with Gasteiger partial charge in [0.05, 0.1) is 0 Å². The number of benzene rings is 1. The smallest absolute Gasteiger partial charge is 0.0377 e. The van der Waals surface area contributed by atoms with Gasteiger partial charge in [-0.1, -0.05) is 56.2 Å². The van der Waals surface area contributed by atoms with Gasteiger partial charge in [-0.2, -0.15) is 0 Å². The van der Waals surface area contributed by atoms with Gasteiger partial charge in [0, 0.05) is 11.7 Å². The van der Waals surface area contributed by atoms with Gasteiger partial charge in [-0.25, -0.2) is 0 Å². The van der Waals surface area contributed by atoms with Crippen molar-refractivity contribution in [2.45, 2.75) is 83.1 Å². The summed E-state index contributed by atoms with van der Waals surface area (Å²) in [7, 11) is 0. The number of hydrogen-bond donors (Lipinski definition) is 1. The minimum atomic E-state index is 0.716. The number of aryl methyl sites for hydroxylation is 1. The SMILES string of the molecule is Cc1ccc(NC2CCCCC2)c(C2CCCCC2)c1. The first-order chi connectivity index (χ1) is 9.83. The fourth-order valence-corrected chi connectivity index (χ4v) is 4.03. The molecule has 0 bridgehead atoms. The standard InChI is InChI=1S/C19H29N/c1-15-12-13-19(20-17-10-6-3-7-11-17)18(14-15)16-8-4-2-5-9-16/h12-14,16-17,20H,2-11H2,1H3. The third-order valence-electron chi connectivity index (χ3n) is 5.22. The van der Waals surface area contributed by atoms with Crippen molar-refractivity contribution in [1.29, 1.82) is 0 Å². The Balaban J connectivity index is 1.77. The molecule has 1 aromatic rings. The third-order valence-corrected chi connectivity index (χ3v) is 5.22. The molecule has 3 rings (SSSR count). The van der Waals surface area contributed by atoms with E-state index in [1.807, 2.05) is 0 Å². The number of rotatable bonds is 3. The molecule has 0 radical (unpaired) electrons. The van der Waals surface area contributed by atoms with Crippen LogP contribution >= 0.6 is 0 Å². The van der Waals surface area contributed by atoms with Gasteiger partial charge in [0.15, 0.2) is 0 Å². The summed E-state index contributed by atoms with van der Waals surface area (Å²) < 4.78 is 0. The predicted molar refractivity (Wildman–Crippen MR) is 87.5 cm³/mol. The van der Waals surface area contributed by atoms with E-state index in [4.69, 9.17) is 0 Å². The predicted octanol–water partition coefficient (Wildman–Crippen LogP) is 5.79. The Labute approximate surface area is 124 Å². The molecule has 0 aliphatic heterocycles. The van der Waals surface area contributed by atoms with E-state index in [9.17, 15) is 0 Å². The first-order valence-electron chi connectivity index (χ1n) is 8.70. The average Bonchev–Trinajstić information content (AvgIpc) is 2.51. The van der Waals surface area contributed by atoms with Crippen LogP contribution in [0, 0.1) is 6.92 Å². The van der Waals surface area contributed by atoms with Gasteiger partial charge in [0.1, 0.15) is 0 Å². The van der Waals surface area contributed by atoms with Crippen LogP contribution in [0.4, 0.5) is 5.69 Å². The molecule has 0 atom stereocenters. The fraction of sp³-hybridized carbons (Fsp3) is 0.684. The average molecular weight is 271 g/mol. The molecular weight excluding hydrogens is 242 g/mol. The molecule has 0 aromatic heterocycles. The lowest BCUT2D eigenvalue weighted by atomic mass is 9.82. The summed E-state index contributed by atoms with van der Waals surface area (Å²) in [4.78, 5) is 0. The largest absolute Gasteiger partial charge is 0.382 e. The van der Waals surface area contributed by atoms with Crippen molar-refractivity contribution in [2.75, 3.05) is 5.32 Å². The third kappa shape index (κ3) is 3.37. The van der Waals surface area contributed by atoms with Gasteiger partial charge in [0.25, 0.3) is 0 Å². The molecule has 0 saturated heterocycles. The quantitative estimate of drug-likeness (QED) is 0.734. The highest BCUT2D eigenvalue weighted by Gasteiger charge is 2.20. The monoisotopic (exact) mass is 271 g/mol. The molecule has 110 valence electrons. The van der Waals surface area contributed by atoms with Crippen molar-refractivity contribution >= 4 is 5.69 Å². The molecule has 0 amide bonds. The Morgan fingerprint density at radius 1 is 0.850 bits per heavy atom. The molecule has 2 aliphatic carbocycles. The van der Waals surface area contributed by atoms with Crippen molar-refractivity contribution in [3.63, 3.8) is 0 Å². The van der Waals surface area contributed by atoms with E-state index in [1.54, 1.807) is 5.56 Å². The molecule has 20 heavy (non-hydrogen) atoms. The second-order valence-electron chi connectivity index (χ2n) is 6.90. The van der Waals surface area contributed by atoms with E-state index in [2.05, 4.69) is 30.4 Å². The zero-order valence-corrected chi connectivity index (χ0v) is 13.0. The molecule has 0 spiro atoms. The molecule has 2 fully saturated rings. The zero-order chi connectivity index (χ0) is 13.8. The lowest BCUT2D eigenvalue weighted by molar-refractivity contribution is 0.441. The maximum Gasteiger partial charge on any atom is 0.0377 e. The summed E-state index contributed by atoms with van der Waals surface area (Å²) in [5, 5.41) is 3.87. The molecule has 0 heterocycles. The maximum absolute atomic E-state index is 3.87. The van der Waals surface area contributed by atoms with Crippen LogP contribution < -0.4 is 5.32 Å². The van der Waals surface area contributed by atoms with Crippen LogP contribution in [0.5, 0.6) is 0 Å². The van der Waals surface area contributed by atoms with E-state index in [1.165, 1.54) is 75.5 Å². The van der Waals surface area contributed by atoms with Gasteiger partial charge in [-0.05, 0) is 50.2 Å². The number of hydrogen-bond acceptors (Lipinski definition) is 1. The summed E-state index contributed by atoms with van der Waals surface area (Å²) in [6, 6.07) is 7.78. The highest BCUT2D eigenvalue weighted by molar-refractivity contribution is 5.55. The van der Waals surface area contributed by atoms with Crippen LogP contribution in [0.3, 0.4) is 0 Å². The van der Waals surface area contributed by atoms with Crippen molar-refractivity contribution in [1.82, 2.24) is 0 Å². The minimum Gasteiger partial charge on any atom is -0.382 e. The Kier molecular flexibility index (Phi) is 4.65. The van der Waals surface area contributed by atoms with Gasteiger partial charge >= 0.3 is 0 Å². The Morgan fingerprint density at radius 3 is 2.20 bits per heavy atom. The van der Waals surface area contributed by atoms with Gasteiger partial charge in [-0.3, -0.25) is 0 Å². The van der Waals surface area contributed by atoms with Crippen molar-refractivity contribution < 1.29 is 0 Å². The molecule has 1 heteroatoms. The topological polar surface area (TPSA) is 12.0 Å². The Bertz CT molecular complexity index is 425. The van der Waals surface area contributed by atoms with Gasteiger partial charge < -0.3 is 5.32 Å². The first-order valence-corrected chi connectivity index (χ1v) is 8.70. The van der Waals surface area contributed by atoms with E-state index in [0.717, 1.165) is 5.92 Å². The first kappa shape index (κ1) is 14.0. The lowest BCUT2D eigenvalue weighted by Gasteiger charge is -2.29. The normalized spacial score (nSPS) is 21.9. The van der Waals surface area contributed by atoms with Gasteiger partial charge in [-0.15, -0.1) is 0 Å². The lowest BCUT2D eigenvalue weighted by Crippen LogP contribution is -2.23. The molecule has 2 saturated carbocycles. The second kappa shape index (κ2) is 6.65. The van der Waals surface area contributed by atoms with Crippen LogP contribution in [0.1, 0.15) is 81.3 Å². The van der Waals surface area contributed by atoms with E-state index in [0.29, 0.717) is 6.04 Å².